The Balaban J connectivity index is 0.000000187. The highest BCUT2D eigenvalue weighted by Crippen LogP contribution is 2.24. The van der Waals surface area contributed by atoms with E-state index in [1.807, 2.05) is 0 Å². The maximum absolute atomic E-state index is 10.0. The molecule has 1 heteroatoms. The van der Waals surface area contributed by atoms with E-state index in [4.69, 9.17) is 0 Å². The molecule has 3 aromatic rings. The van der Waals surface area contributed by atoms with Crippen LogP contribution in [0.2, 0.25) is 0 Å². The van der Waals surface area contributed by atoms with Gasteiger partial charge in [0.15, 0.2) is 0 Å². The van der Waals surface area contributed by atoms with Crippen molar-refractivity contribution in [2.24, 2.45) is 0 Å². The second-order valence-electron chi connectivity index (χ2n) is 6.33. The Morgan fingerprint density at radius 1 is 0.583 bits per heavy atom. The molecule has 1 nitrogen and oxygen atoms in total. The van der Waals surface area contributed by atoms with E-state index < -0.39 is 0 Å². The average molecular weight is 321 g/mol. The Bertz CT molecular complexity index is 654. The molecule has 0 aliphatic heterocycles. The van der Waals surface area contributed by atoms with E-state index in [9.17, 15) is 5.11 Å². The van der Waals surface area contributed by atoms with Crippen molar-refractivity contribution in [2.75, 3.05) is 6.61 Å². The van der Waals surface area contributed by atoms with Gasteiger partial charge in [-0.1, -0.05) is 106 Å². The molecule has 1 radical (unpaired) electrons. The second-order valence-corrected chi connectivity index (χ2v) is 6.33. The van der Waals surface area contributed by atoms with E-state index in [1.165, 1.54) is 53.6 Å². The second kappa shape index (κ2) is 10.8. The van der Waals surface area contributed by atoms with Crippen molar-refractivity contribution < 1.29 is 5.11 Å². The van der Waals surface area contributed by atoms with E-state index in [0.29, 0.717) is 0 Å². The van der Waals surface area contributed by atoms with Crippen molar-refractivity contribution in [3.63, 3.8) is 0 Å². The number of hydrogen-bond acceptors (Lipinski definition) is 0. The standard InChI is InChI=1S/C14H10.C9H19O/c1-3-7-13-11(5-1)9-10-12-6-2-4-8-14(12)13;1-2-3-4-5-6-7-8-9-10/h1-10H;2-9H2,1H3. The van der Waals surface area contributed by atoms with E-state index in [1.54, 1.807) is 0 Å². The molecule has 0 unspecified atom stereocenters. The molecular weight excluding hydrogens is 292 g/mol. The minimum absolute atomic E-state index is 0.119. The van der Waals surface area contributed by atoms with Crippen LogP contribution in [0.1, 0.15) is 51.9 Å². The lowest BCUT2D eigenvalue weighted by molar-refractivity contribution is 0.186. The van der Waals surface area contributed by atoms with Crippen molar-refractivity contribution >= 4 is 21.5 Å². The molecule has 0 bridgehead atoms. The molecule has 3 aromatic carbocycles. The fourth-order valence-corrected chi connectivity index (χ4v) is 3.01. The molecule has 0 N–H and O–H groups in total. The number of unbranched alkanes of at least 4 members (excludes halogenated alkanes) is 6. The fraction of sp³-hybridized carbons (Fsp3) is 0.391. The summed E-state index contributed by atoms with van der Waals surface area (Å²) in [4.78, 5) is 0. The van der Waals surface area contributed by atoms with Crippen LogP contribution in [0.4, 0.5) is 0 Å². The van der Waals surface area contributed by atoms with Gasteiger partial charge in [0.1, 0.15) is 0 Å². The molecule has 0 spiro atoms. The van der Waals surface area contributed by atoms with Gasteiger partial charge in [-0.3, -0.25) is 0 Å². The largest absolute Gasteiger partial charge is 0.237 e. The lowest BCUT2D eigenvalue weighted by Crippen LogP contribution is -1.82. The molecule has 0 saturated carbocycles. The van der Waals surface area contributed by atoms with Gasteiger partial charge in [0.05, 0.1) is 6.61 Å². The average Bonchev–Trinajstić information content (AvgIpc) is 2.65. The van der Waals surface area contributed by atoms with Crippen LogP contribution in [0.3, 0.4) is 0 Å². The Hall–Kier alpha value is -1.86. The zero-order valence-corrected chi connectivity index (χ0v) is 14.8. The molecule has 0 aromatic heterocycles. The van der Waals surface area contributed by atoms with Crippen LogP contribution >= 0.6 is 0 Å². The summed E-state index contributed by atoms with van der Waals surface area (Å²) in [6.07, 6.45) is 8.64. The van der Waals surface area contributed by atoms with Gasteiger partial charge in [-0.2, -0.15) is 0 Å². The van der Waals surface area contributed by atoms with Crippen LogP contribution in [0, 0.1) is 0 Å². The molecule has 0 amide bonds. The van der Waals surface area contributed by atoms with Crippen LogP contribution < -0.4 is 0 Å². The van der Waals surface area contributed by atoms with Gasteiger partial charge in [0.2, 0.25) is 0 Å². The number of fused-ring (bicyclic) bond motifs is 3. The van der Waals surface area contributed by atoms with Crippen LogP contribution in [0.25, 0.3) is 21.5 Å². The summed E-state index contributed by atoms with van der Waals surface area (Å²) in [5.41, 5.74) is 0. The van der Waals surface area contributed by atoms with Crippen molar-refractivity contribution in [3.8, 4) is 0 Å². The molecule has 127 valence electrons. The molecule has 0 atom stereocenters. The maximum atomic E-state index is 10.0. The highest BCUT2D eigenvalue weighted by molar-refractivity contribution is 6.07. The minimum atomic E-state index is 0.119. The topological polar surface area (TPSA) is 19.9 Å². The summed E-state index contributed by atoms with van der Waals surface area (Å²) in [6.45, 7) is 2.34. The number of benzene rings is 3. The van der Waals surface area contributed by atoms with Crippen molar-refractivity contribution in [2.45, 2.75) is 51.9 Å². The Labute approximate surface area is 146 Å². The molecule has 0 aliphatic carbocycles. The third kappa shape index (κ3) is 5.65. The van der Waals surface area contributed by atoms with Gasteiger partial charge in [-0.15, -0.1) is 0 Å². The van der Waals surface area contributed by atoms with Gasteiger partial charge < -0.3 is 0 Å². The Morgan fingerprint density at radius 2 is 1.04 bits per heavy atom. The summed E-state index contributed by atoms with van der Waals surface area (Å²) < 4.78 is 0. The van der Waals surface area contributed by atoms with E-state index >= 15 is 0 Å². The van der Waals surface area contributed by atoms with Gasteiger partial charge in [-0.05, 0) is 28.0 Å². The molecular formula is C23H29O. The Morgan fingerprint density at radius 3 is 1.54 bits per heavy atom. The van der Waals surface area contributed by atoms with Crippen LogP contribution in [0.15, 0.2) is 60.7 Å². The molecule has 0 fully saturated rings. The maximum Gasteiger partial charge on any atom is 0.0822 e. The van der Waals surface area contributed by atoms with Crippen LogP contribution in [0.5, 0.6) is 0 Å². The molecule has 0 aliphatic rings. The zero-order chi connectivity index (χ0) is 17.0. The first-order chi connectivity index (χ1) is 11.9. The molecule has 24 heavy (non-hydrogen) atoms. The summed E-state index contributed by atoms with van der Waals surface area (Å²) in [6, 6.07) is 21.4. The first-order valence-corrected chi connectivity index (χ1v) is 9.31. The predicted octanol–water partition coefficient (Wildman–Crippen LogP) is 7.16. The van der Waals surface area contributed by atoms with Gasteiger partial charge in [0, 0.05) is 0 Å². The van der Waals surface area contributed by atoms with E-state index in [-0.39, 0.29) is 6.61 Å². The summed E-state index contributed by atoms with van der Waals surface area (Å²) in [5.74, 6) is 0. The normalized spacial score (nSPS) is 10.6. The van der Waals surface area contributed by atoms with Crippen molar-refractivity contribution in [3.05, 3.63) is 60.7 Å². The predicted molar refractivity (Wildman–Crippen MR) is 105 cm³/mol. The third-order valence-electron chi connectivity index (χ3n) is 4.40. The van der Waals surface area contributed by atoms with Gasteiger partial charge >= 0.3 is 0 Å². The van der Waals surface area contributed by atoms with Gasteiger partial charge in [0.25, 0.3) is 0 Å². The van der Waals surface area contributed by atoms with Crippen LogP contribution in [-0.2, 0) is 5.11 Å². The molecule has 0 heterocycles. The van der Waals surface area contributed by atoms with Crippen LogP contribution in [-0.4, -0.2) is 6.61 Å². The smallest absolute Gasteiger partial charge is 0.0822 e. The Kier molecular flexibility index (Phi) is 8.34. The molecule has 0 saturated heterocycles. The summed E-state index contributed by atoms with van der Waals surface area (Å²) in [7, 11) is 0. The van der Waals surface area contributed by atoms with Crippen molar-refractivity contribution in [1.82, 2.24) is 0 Å². The quantitative estimate of drug-likeness (QED) is 0.325. The first kappa shape index (κ1) is 18.5. The highest BCUT2D eigenvalue weighted by atomic mass is 16.2. The first-order valence-electron chi connectivity index (χ1n) is 9.31. The SMILES string of the molecule is CCCCCCCCC[O].c1ccc2c(c1)ccc1ccccc12. The summed E-state index contributed by atoms with van der Waals surface area (Å²) >= 11 is 0. The van der Waals surface area contributed by atoms with Crippen molar-refractivity contribution in [1.29, 1.82) is 0 Å². The monoisotopic (exact) mass is 321 g/mol. The third-order valence-corrected chi connectivity index (χ3v) is 4.40. The highest BCUT2D eigenvalue weighted by Gasteiger charge is 1.97. The minimum Gasteiger partial charge on any atom is -0.237 e. The number of rotatable bonds is 7. The van der Waals surface area contributed by atoms with E-state index in [2.05, 4.69) is 67.6 Å². The summed E-state index contributed by atoms with van der Waals surface area (Å²) in [5, 5.41) is 15.3. The van der Waals surface area contributed by atoms with Gasteiger partial charge in [-0.25, -0.2) is 5.11 Å². The van der Waals surface area contributed by atoms with E-state index in [0.717, 1.165) is 12.8 Å². The lowest BCUT2D eigenvalue weighted by atomic mass is 10.0. The zero-order valence-electron chi connectivity index (χ0n) is 14.8. The fourth-order valence-electron chi connectivity index (χ4n) is 3.01. The number of hydrogen-bond donors (Lipinski definition) is 0. The lowest BCUT2D eigenvalue weighted by Gasteiger charge is -2.02. The molecule has 3 rings (SSSR count).